The van der Waals surface area contributed by atoms with E-state index in [4.69, 9.17) is 11.6 Å². The Morgan fingerprint density at radius 3 is 2.43 bits per heavy atom. The van der Waals surface area contributed by atoms with Crippen LogP contribution >= 0.6 is 11.6 Å². The van der Waals surface area contributed by atoms with E-state index in [0.29, 0.717) is 52.1 Å². The second-order valence-electron chi connectivity index (χ2n) is 12.4. The number of benzene rings is 4. The number of carbonyl (C=O) groups is 2. The molecule has 2 aliphatic rings. The molecule has 0 spiro atoms. The third-order valence-electron chi connectivity index (χ3n) is 8.59. The van der Waals surface area contributed by atoms with Crippen molar-refractivity contribution in [3.63, 3.8) is 0 Å². The average Bonchev–Trinajstić information content (AvgIpc) is 3.47. The molecule has 0 radical (unpaired) electrons. The quantitative estimate of drug-likeness (QED) is 0.204. The highest BCUT2D eigenvalue weighted by atomic mass is 35.5. The number of nitrogens with one attached hydrogen (secondary N) is 2. The van der Waals surface area contributed by atoms with Gasteiger partial charge in [-0.15, -0.1) is 0 Å². The minimum Gasteiger partial charge on any atom is -0.358 e. The molecule has 7 heteroatoms. The van der Waals surface area contributed by atoms with Crippen LogP contribution in [0.2, 0.25) is 5.02 Å². The van der Waals surface area contributed by atoms with Crippen molar-refractivity contribution >= 4 is 51.1 Å². The summed E-state index contributed by atoms with van der Waals surface area (Å²) in [5, 5.41) is 4.83. The van der Waals surface area contributed by atoms with Gasteiger partial charge >= 0.3 is 0 Å². The lowest BCUT2D eigenvalue weighted by Gasteiger charge is -2.33. The van der Waals surface area contributed by atoms with Crippen molar-refractivity contribution in [1.29, 1.82) is 0 Å². The topological polar surface area (TPSA) is 65.2 Å². The van der Waals surface area contributed by atoms with E-state index in [1.807, 2.05) is 71.6 Å². The van der Waals surface area contributed by atoms with Gasteiger partial charge in [-0.2, -0.15) is 0 Å². The van der Waals surface area contributed by atoms with Crippen molar-refractivity contribution in [2.75, 3.05) is 10.2 Å². The molecular weight excluding hydrogens is 573 g/mol. The van der Waals surface area contributed by atoms with E-state index >= 15 is 0 Å². The summed E-state index contributed by atoms with van der Waals surface area (Å²) in [5.41, 5.74) is 6.25. The number of allylic oxidation sites excluding steroid dienone is 2. The molecule has 1 aromatic heterocycles. The van der Waals surface area contributed by atoms with Crippen LogP contribution in [0, 0.1) is 11.2 Å². The molecule has 5 nitrogen and oxygen atoms in total. The minimum atomic E-state index is -0.684. The Hall–Kier alpha value is -4.68. The van der Waals surface area contributed by atoms with Gasteiger partial charge in [-0.25, -0.2) is 4.39 Å². The van der Waals surface area contributed by atoms with Crippen LogP contribution in [0.15, 0.2) is 103 Å². The molecule has 44 heavy (non-hydrogen) atoms. The molecule has 0 fully saturated rings. The molecule has 4 aromatic carbocycles. The van der Waals surface area contributed by atoms with Crippen molar-refractivity contribution in [2.45, 2.75) is 39.2 Å². The largest absolute Gasteiger partial charge is 0.358 e. The molecule has 2 N–H and O–H groups in total. The number of carbonyl (C=O) groups excluding carboxylic acids is 2. The number of H-pyrrole nitrogens is 1. The molecule has 7 rings (SSSR count). The predicted molar refractivity (Wildman–Crippen MR) is 174 cm³/mol. The lowest BCUT2D eigenvalue weighted by atomic mass is 9.74. The lowest BCUT2D eigenvalue weighted by molar-refractivity contribution is -0.119. The number of ketones is 1. The molecule has 0 saturated carbocycles. The first-order chi connectivity index (χ1) is 21.2. The first-order valence-corrected chi connectivity index (χ1v) is 15.1. The first kappa shape index (κ1) is 28.1. The number of para-hydroxylation sites is 1. The number of anilines is 2. The fourth-order valence-electron chi connectivity index (χ4n) is 6.71. The van der Waals surface area contributed by atoms with Crippen molar-refractivity contribution in [3.8, 4) is 0 Å². The second-order valence-corrected chi connectivity index (χ2v) is 12.9. The number of aromatic amines is 1. The molecule has 1 amide bonds. The Morgan fingerprint density at radius 1 is 0.932 bits per heavy atom. The second kappa shape index (κ2) is 10.8. The van der Waals surface area contributed by atoms with E-state index < -0.39 is 11.7 Å². The molecule has 1 atom stereocenters. The third-order valence-corrected chi connectivity index (χ3v) is 8.84. The maximum absolute atomic E-state index is 14.6. The summed E-state index contributed by atoms with van der Waals surface area (Å²) < 4.78 is 14.6. The lowest BCUT2D eigenvalue weighted by Crippen LogP contribution is -2.30. The summed E-state index contributed by atoms with van der Waals surface area (Å²) >= 11 is 6.15. The van der Waals surface area contributed by atoms with Crippen molar-refractivity contribution < 1.29 is 14.0 Å². The van der Waals surface area contributed by atoms with Crippen molar-refractivity contribution in [1.82, 2.24) is 4.98 Å². The fraction of sp³-hybridized carbons (Fsp3) is 0.189. The molecule has 2 heterocycles. The van der Waals surface area contributed by atoms with Gasteiger partial charge < -0.3 is 15.2 Å². The highest BCUT2D eigenvalue weighted by Crippen LogP contribution is 2.49. The Balaban J connectivity index is 1.44. The number of halogens is 2. The van der Waals surface area contributed by atoms with Gasteiger partial charge in [0.05, 0.1) is 23.7 Å². The Morgan fingerprint density at radius 2 is 1.66 bits per heavy atom. The summed E-state index contributed by atoms with van der Waals surface area (Å²) in [6.45, 7) is 4.56. The number of nitrogens with zero attached hydrogens (tertiary/aromatic N) is 1. The predicted octanol–water partition coefficient (Wildman–Crippen LogP) is 8.85. The number of hydrogen-bond acceptors (Lipinski definition) is 3. The zero-order valence-corrected chi connectivity index (χ0v) is 25.2. The smallest absolute Gasteiger partial charge is 0.239 e. The summed E-state index contributed by atoms with van der Waals surface area (Å²) in [5.74, 6) is -1.20. The third kappa shape index (κ3) is 4.99. The van der Waals surface area contributed by atoms with Gasteiger partial charge in [-0.3, -0.25) is 9.59 Å². The van der Waals surface area contributed by atoms with Crippen LogP contribution < -0.4 is 10.2 Å². The van der Waals surface area contributed by atoms with Crippen LogP contribution in [0.4, 0.5) is 15.8 Å². The number of fused-ring (bicyclic) bond motifs is 2. The van der Waals surface area contributed by atoms with E-state index in [9.17, 15) is 14.0 Å². The van der Waals surface area contributed by atoms with Crippen LogP contribution in [0.5, 0.6) is 0 Å². The molecule has 0 bridgehead atoms. The molecule has 1 aliphatic carbocycles. The molecule has 1 unspecified atom stereocenters. The number of Topliss-reactive ketones (excluding diaryl/α,β-unsaturated/α-hetero) is 1. The van der Waals surface area contributed by atoms with E-state index in [1.54, 1.807) is 18.2 Å². The summed E-state index contributed by atoms with van der Waals surface area (Å²) in [6.07, 6.45) is 0.946. The van der Waals surface area contributed by atoms with Crippen LogP contribution in [0.3, 0.4) is 0 Å². The van der Waals surface area contributed by atoms with E-state index in [0.717, 1.165) is 28.2 Å². The Kier molecular flexibility index (Phi) is 6.90. The van der Waals surface area contributed by atoms with E-state index in [1.165, 1.54) is 12.1 Å². The summed E-state index contributed by atoms with van der Waals surface area (Å²) in [4.78, 5) is 33.8. The highest BCUT2D eigenvalue weighted by Gasteiger charge is 2.43. The maximum atomic E-state index is 14.6. The zero-order valence-electron chi connectivity index (χ0n) is 24.5. The number of hydrogen-bond donors (Lipinski definition) is 2. The molecular formula is C37H31ClFN3O2. The standard InChI is InChI=1S/C37H31ClFN3O2/c1-37(2)19-29(40-25-15-12-23(38)13-16-25)34(31(43)20-37)35-32(26-17-14-24(39)18-28(26)41-35)33-27-10-6-7-11-30(27)42(36(33)44)21-22-8-4-3-5-9-22/h3-18,33,40-41H,19-21H2,1-2H3. The van der Waals surface area contributed by atoms with Crippen molar-refractivity contribution in [3.05, 3.63) is 136 Å². The van der Waals surface area contributed by atoms with Crippen LogP contribution in [-0.4, -0.2) is 16.7 Å². The summed E-state index contributed by atoms with van der Waals surface area (Å²) in [7, 11) is 0. The molecule has 220 valence electrons. The number of amides is 1. The van der Waals surface area contributed by atoms with E-state index in [2.05, 4.69) is 24.1 Å². The minimum absolute atomic E-state index is 0.0362. The van der Waals surface area contributed by atoms with Gasteiger partial charge in [0.2, 0.25) is 5.91 Å². The van der Waals surface area contributed by atoms with Crippen LogP contribution in [0.25, 0.3) is 16.5 Å². The van der Waals surface area contributed by atoms with Crippen LogP contribution in [0.1, 0.15) is 55.0 Å². The number of rotatable bonds is 6. The molecule has 1 aliphatic heterocycles. The van der Waals surface area contributed by atoms with Gasteiger partial charge in [-0.05, 0) is 71.5 Å². The normalized spacial score (nSPS) is 17.8. The Labute approximate surface area is 260 Å². The highest BCUT2D eigenvalue weighted by molar-refractivity contribution is 6.30. The average molecular weight is 604 g/mol. The molecule has 5 aromatic rings. The van der Waals surface area contributed by atoms with Gasteiger partial charge in [0.25, 0.3) is 0 Å². The summed E-state index contributed by atoms with van der Waals surface area (Å²) in [6, 6.07) is 29.6. The monoisotopic (exact) mass is 603 g/mol. The van der Waals surface area contributed by atoms with Crippen molar-refractivity contribution in [2.24, 2.45) is 5.41 Å². The van der Waals surface area contributed by atoms with Gasteiger partial charge in [0, 0.05) is 45.0 Å². The van der Waals surface area contributed by atoms with Gasteiger partial charge in [-0.1, -0.05) is 74.0 Å². The first-order valence-electron chi connectivity index (χ1n) is 14.7. The van der Waals surface area contributed by atoms with Gasteiger partial charge in [0.15, 0.2) is 5.78 Å². The SMILES string of the molecule is CC1(C)CC(=O)C(c2[nH]c3cc(F)ccc3c2C2C(=O)N(Cc3ccccc3)c3ccccc32)=C(Nc2ccc(Cl)cc2)C1. The van der Waals surface area contributed by atoms with Gasteiger partial charge in [0.1, 0.15) is 5.82 Å². The zero-order chi connectivity index (χ0) is 30.6. The van der Waals surface area contributed by atoms with E-state index in [-0.39, 0.29) is 17.1 Å². The fourth-order valence-corrected chi connectivity index (χ4v) is 6.83. The maximum Gasteiger partial charge on any atom is 0.239 e. The Bertz CT molecular complexity index is 1960. The van der Waals surface area contributed by atoms with Crippen LogP contribution in [-0.2, 0) is 16.1 Å². The molecule has 0 saturated heterocycles. The number of aromatic nitrogens is 1.